The standard InChI is InChI=1S/C13H20N4O/c1-2-3-6-14-13(18)11-9-16-12(10-15-11)17-7-4-5-8-17/h9-10H,2-8H2,1H3,(H,14,18). The van der Waals surface area contributed by atoms with E-state index in [9.17, 15) is 4.79 Å². The van der Waals surface area contributed by atoms with Gasteiger partial charge < -0.3 is 10.2 Å². The van der Waals surface area contributed by atoms with E-state index in [1.54, 1.807) is 12.4 Å². The summed E-state index contributed by atoms with van der Waals surface area (Å²) in [7, 11) is 0. The van der Waals surface area contributed by atoms with E-state index in [-0.39, 0.29) is 5.91 Å². The first-order chi connectivity index (χ1) is 8.81. The minimum Gasteiger partial charge on any atom is -0.355 e. The highest BCUT2D eigenvalue weighted by Gasteiger charge is 2.14. The molecule has 98 valence electrons. The predicted octanol–water partition coefficient (Wildman–Crippen LogP) is 1.61. The van der Waals surface area contributed by atoms with Crippen LogP contribution in [0.2, 0.25) is 0 Å². The Balaban J connectivity index is 1.92. The van der Waals surface area contributed by atoms with E-state index in [2.05, 4.69) is 27.1 Å². The summed E-state index contributed by atoms with van der Waals surface area (Å²) in [4.78, 5) is 22.4. The van der Waals surface area contributed by atoms with Gasteiger partial charge in [-0.1, -0.05) is 13.3 Å². The Morgan fingerprint density at radius 2 is 2.11 bits per heavy atom. The molecule has 1 aliphatic heterocycles. The Kier molecular flexibility index (Phi) is 4.50. The maximum absolute atomic E-state index is 11.7. The molecule has 0 unspecified atom stereocenters. The van der Waals surface area contributed by atoms with Gasteiger partial charge in [0.05, 0.1) is 12.4 Å². The number of unbranched alkanes of at least 4 members (excludes halogenated alkanes) is 1. The van der Waals surface area contributed by atoms with Crippen LogP contribution in [0.5, 0.6) is 0 Å². The highest BCUT2D eigenvalue weighted by molar-refractivity contribution is 5.91. The molecule has 0 bridgehead atoms. The summed E-state index contributed by atoms with van der Waals surface area (Å²) < 4.78 is 0. The van der Waals surface area contributed by atoms with E-state index in [4.69, 9.17) is 0 Å². The number of carbonyl (C=O) groups excluding carboxylic acids is 1. The zero-order chi connectivity index (χ0) is 12.8. The van der Waals surface area contributed by atoms with Crippen LogP contribution in [0.3, 0.4) is 0 Å². The van der Waals surface area contributed by atoms with Crippen molar-refractivity contribution in [2.45, 2.75) is 32.6 Å². The molecule has 2 rings (SSSR count). The smallest absolute Gasteiger partial charge is 0.271 e. The van der Waals surface area contributed by atoms with E-state index in [0.717, 1.165) is 31.7 Å². The van der Waals surface area contributed by atoms with Gasteiger partial charge in [-0.15, -0.1) is 0 Å². The number of hydrogen-bond acceptors (Lipinski definition) is 4. The lowest BCUT2D eigenvalue weighted by Crippen LogP contribution is -2.26. The van der Waals surface area contributed by atoms with Gasteiger partial charge in [0.15, 0.2) is 0 Å². The third-order valence-corrected chi connectivity index (χ3v) is 3.12. The quantitative estimate of drug-likeness (QED) is 0.804. The van der Waals surface area contributed by atoms with Gasteiger partial charge in [0.2, 0.25) is 0 Å². The second kappa shape index (κ2) is 6.33. The fraction of sp³-hybridized carbons (Fsp3) is 0.615. The number of aromatic nitrogens is 2. The molecule has 0 radical (unpaired) electrons. The van der Waals surface area contributed by atoms with Gasteiger partial charge in [0.25, 0.3) is 5.91 Å². The van der Waals surface area contributed by atoms with Crippen molar-refractivity contribution in [1.82, 2.24) is 15.3 Å². The van der Waals surface area contributed by atoms with Crippen molar-refractivity contribution in [1.29, 1.82) is 0 Å². The van der Waals surface area contributed by atoms with E-state index >= 15 is 0 Å². The molecule has 0 saturated carbocycles. The Hall–Kier alpha value is -1.65. The average Bonchev–Trinajstić information content (AvgIpc) is 2.93. The minimum atomic E-state index is -0.135. The normalized spacial score (nSPS) is 14.8. The molecule has 0 aromatic carbocycles. The van der Waals surface area contributed by atoms with E-state index in [0.29, 0.717) is 12.2 Å². The topological polar surface area (TPSA) is 58.1 Å². The molecule has 1 amide bonds. The van der Waals surface area contributed by atoms with Crippen LogP contribution in [0.15, 0.2) is 12.4 Å². The van der Waals surface area contributed by atoms with Crippen LogP contribution in [0.4, 0.5) is 5.82 Å². The summed E-state index contributed by atoms with van der Waals surface area (Å²) in [6, 6.07) is 0. The lowest BCUT2D eigenvalue weighted by Gasteiger charge is -2.15. The third-order valence-electron chi connectivity index (χ3n) is 3.12. The molecule has 1 fully saturated rings. The first-order valence-corrected chi connectivity index (χ1v) is 6.66. The molecule has 2 heterocycles. The number of anilines is 1. The monoisotopic (exact) mass is 248 g/mol. The van der Waals surface area contributed by atoms with Crippen LogP contribution in [-0.2, 0) is 0 Å². The van der Waals surface area contributed by atoms with Gasteiger partial charge in [-0.25, -0.2) is 9.97 Å². The molecule has 1 saturated heterocycles. The second-order valence-corrected chi connectivity index (χ2v) is 4.56. The van der Waals surface area contributed by atoms with Crippen LogP contribution < -0.4 is 10.2 Å². The van der Waals surface area contributed by atoms with Crippen molar-refractivity contribution < 1.29 is 4.79 Å². The first-order valence-electron chi connectivity index (χ1n) is 6.66. The summed E-state index contributed by atoms with van der Waals surface area (Å²) >= 11 is 0. The highest BCUT2D eigenvalue weighted by Crippen LogP contribution is 2.16. The number of amides is 1. The predicted molar refractivity (Wildman–Crippen MR) is 70.7 cm³/mol. The summed E-state index contributed by atoms with van der Waals surface area (Å²) in [5, 5.41) is 2.83. The Morgan fingerprint density at radius 1 is 1.33 bits per heavy atom. The molecule has 0 aliphatic carbocycles. The van der Waals surface area contributed by atoms with Gasteiger partial charge >= 0.3 is 0 Å². The van der Waals surface area contributed by atoms with Gasteiger partial charge in [-0.3, -0.25) is 4.79 Å². The van der Waals surface area contributed by atoms with Gasteiger partial charge in [0.1, 0.15) is 11.5 Å². The fourth-order valence-corrected chi connectivity index (χ4v) is 2.02. The Bertz CT molecular complexity index is 384. The number of rotatable bonds is 5. The van der Waals surface area contributed by atoms with Crippen molar-refractivity contribution in [3.8, 4) is 0 Å². The largest absolute Gasteiger partial charge is 0.355 e. The lowest BCUT2D eigenvalue weighted by atomic mass is 10.3. The van der Waals surface area contributed by atoms with Gasteiger partial charge in [-0.2, -0.15) is 0 Å². The number of carbonyl (C=O) groups is 1. The van der Waals surface area contributed by atoms with Crippen molar-refractivity contribution in [3.63, 3.8) is 0 Å². The number of hydrogen-bond donors (Lipinski definition) is 1. The van der Waals surface area contributed by atoms with Crippen LogP contribution in [-0.4, -0.2) is 35.5 Å². The number of nitrogens with one attached hydrogen (secondary N) is 1. The summed E-state index contributed by atoms with van der Waals surface area (Å²) in [5.41, 5.74) is 0.397. The molecule has 5 heteroatoms. The maximum atomic E-state index is 11.7. The molecule has 1 aliphatic rings. The maximum Gasteiger partial charge on any atom is 0.271 e. The van der Waals surface area contributed by atoms with E-state index in [1.807, 2.05) is 0 Å². The molecular weight excluding hydrogens is 228 g/mol. The van der Waals surface area contributed by atoms with Crippen molar-refractivity contribution in [3.05, 3.63) is 18.1 Å². The van der Waals surface area contributed by atoms with Crippen molar-refractivity contribution in [2.24, 2.45) is 0 Å². The molecule has 1 aromatic heterocycles. The molecule has 1 aromatic rings. The molecule has 0 atom stereocenters. The highest BCUT2D eigenvalue weighted by atomic mass is 16.1. The minimum absolute atomic E-state index is 0.135. The summed E-state index contributed by atoms with van der Waals surface area (Å²) in [6.07, 6.45) is 7.74. The Morgan fingerprint density at radius 3 is 2.72 bits per heavy atom. The average molecular weight is 248 g/mol. The van der Waals surface area contributed by atoms with Gasteiger partial charge in [-0.05, 0) is 19.3 Å². The van der Waals surface area contributed by atoms with Crippen LogP contribution in [0, 0.1) is 0 Å². The van der Waals surface area contributed by atoms with Gasteiger partial charge in [0, 0.05) is 19.6 Å². The zero-order valence-corrected chi connectivity index (χ0v) is 10.9. The van der Waals surface area contributed by atoms with Crippen LogP contribution in [0.1, 0.15) is 43.1 Å². The zero-order valence-electron chi connectivity index (χ0n) is 10.9. The summed E-state index contributed by atoms with van der Waals surface area (Å²) in [6.45, 7) is 4.87. The van der Waals surface area contributed by atoms with Crippen LogP contribution in [0.25, 0.3) is 0 Å². The SMILES string of the molecule is CCCCNC(=O)c1cnc(N2CCCC2)cn1. The van der Waals surface area contributed by atoms with E-state index in [1.165, 1.54) is 12.8 Å². The fourth-order valence-electron chi connectivity index (χ4n) is 2.02. The Labute approximate surface area is 108 Å². The lowest BCUT2D eigenvalue weighted by molar-refractivity contribution is 0.0948. The van der Waals surface area contributed by atoms with Crippen molar-refractivity contribution in [2.75, 3.05) is 24.5 Å². The second-order valence-electron chi connectivity index (χ2n) is 4.56. The van der Waals surface area contributed by atoms with Crippen molar-refractivity contribution >= 4 is 11.7 Å². The third kappa shape index (κ3) is 3.18. The van der Waals surface area contributed by atoms with Crippen LogP contribution >= 0.6 is 0 Å². The molecule has 5 nitrogen and oxygen atoms in total. The molecular formula is C13H20N4O. The molecule has 18 heavy (non-hydrogen) atoms. The number of nitrogens with zero attached hydrogens (tertiary/aromatic N) is 3. The summed E-state index contributed by atoms with van der Waals surface area (Å²) in [5.74, 6) is 0.738. The van der Waals surface area contributed by atoms with E-state index < -0.39 is 0 Å². The molecule has 0 spiro atoms. The molecule has 1 N–H and O–H groups in total. The first kappa shape index (κ1) is 12.8.